The summed E-state index contributed by atoms with van der Waals surface area (Å²) in [7, 11) is 0. The molecule has 1 aliphatic rings. The van der Waals surface area contributed by atoms with Crippen LogP contribution in [-0.4, -0.2) is 33.0 Å². The largest absolute Gasteiger partial charge is 0.486 e. The van der Waals surface area contributed by atoms with Crippen LogP contribution in [-0.2, 0) is 0 Å². The van der Waals surface area contributed by atoms with Crippen LogP contribution >= 0.6 is 0 Å². The molecule has 0 bridgehead atoms. The first kappa shape index (κ1) is 23.8. The van der Waals surface area contributed by atoms with Gasteiger partial charge in [0.25, 0.3) is 0 Å². The molecule has 0 saturated heterocycles. The molecule has 4 heterocycles. The van der Waals surface area contributed by atoms with E-state index in [1.165, 1.54) is 18.5 Å². The maximum Gasteiger partial charge on any atom is 0.200 e. The molecule has 7 rings (SSSR count). The highest BCUT2D eigenvalue weighted by atomic mass is 19.1. The van der Waals surface area contributed by atoms with Crippen molar-refractivity contribution in [2.24, 2.45) is 0 Å². The molecule has 0 fully saturated rings. The Kier molecular flexibility index (Phi) is 5.48. The lowest BCUT2D eigenvalue weighted by Gasteiger charge is -2.18. The molecule has 10 heteroatoms. The average molecular weight is 536 g/mol. The zero-order valence-corrected chi connectivity index (χ0v) is 21.3. The maximum atomic E-state index is 14.3. The van der Waals surface area contributed by atoms with Crippen LogP contribution in [0.1, 0.15) is 18.7 Å². The molecule has 1 unspecified atom stereocenters. The third-order valence-electron chi connectivity index (χ3n) is 7.02. The van der Waals surface area contributed by atoms with E-state index < -0.39 is 11.9 Å². The predicted octanol–water partition coefficient (Wildman–Crippen LogP) is 5.37. The number of ether oxygens (including phenoxy) is 2. The minimum absolute atomic E-state index is 0.247. The van der Waals surface area contributed by atoms with Gasteiger partial charge < -0.3 is 19.6 Å². The number of anilines is 1. The SMILES string of the molecule is CC(c1oc2ccccc2c(=O)c1-c1cccc(F)c1)n1nc(-c2ccc3c(c2)OCCO3)c2c(N)ncnc21. The smallest absolute Gasteiger partial charge is 0.200 e. The second-order valence-corrected chi connectivity index (χ2v) is 9.46. The fraction of sp³-hybridized carbons (Fsp3) is 0.133. The van der Waals surface area contributed by atoms with Crippen LogP contribution in [0.3, 0.4) is 0 Å². The van der Waals surface area contributed by atoms with Gasteiger partial charge >= 0.3 is 0 Å². The van der Waals surface area contributed by atoms with Crippen LogP contribution in [0.5, 0.6) is 11.5 Å². The summed E-state index contributed by atoms with van der Waals surface area (Å²) in [5.41, 5.74) is 8.85. The highest BCUT2D eigenvalue weighted by Crippen LogP contribution is 2.39. The van der Waals surface area contributed by atoms with Gasteiger partial charge in [0, 0.05) is 5.56 Å². The summed E-state index contributed by atoms with van der Waals surface area (Å²) in [6.07, 6.45) is 1.36. The normalized spacial score (nSPS) is 13.6. The molecular formula is C30H22FN5O4. The molecule has 3 aromatic carbocycles. The van der Waals surface area contributed by atoms with Gasteiger partial charge in [0.1, 0.15) is 54.3 Å². The summed E-state index contributed by atoms with van der Waals surface area (Å²) < 4.78 is 33.8. The van der Waals surface area contributed by atoms with Crippen LogP contribution < -0.4 is 20.6 Å². The summed E-state index contributed by atoms with van der Waals surface area (Å²) >= 11 is 0. The fourth-order valence-corrected chi connectivity index (χ4v) is 5.14. The molecule has 3 aromatic heterocycles. The Hall–Kier alpha value is -5.25. The highest BCUT2D eigenvalue weighted by Gasteiger charge is 2.27. The van der Waals surface area contributed by atoms with Crippen LogP contribution in [0.4, 0.5) is 10.2 Å². The lowest BCUT2D eigenvalue weighted by molar-refractivity contribution is 0.171. The van der Waals surface area contributed by atoms with Gasteiger partial charge in [-0.25, -0.2) is 19.0 Å². The highest BCUT2D eigenvalue weighted by molar-refractivity contribution is 5.98. The Bertz CT molecular complexity index is 2000. The van der Waals surface area contributed by atoms with Crippen molar-refractivity contribution in [3.8, 4) is 33.9 Å². The molecule has 1 aliphatic heterocycles. The predicted molar refractivity (Wildman–Crippen MR) is 148 cm³/mol. The lowest BCUT2D eigenvalue weighted by Crippen LogP contribution is -2.16. The Morgan fingerprint density at radius 3 is 2.62 bits per heavy atom. The zero-order chi connectivity index (χ0) is 27.4. The first-order chi connectivity index (χ1) is 19.5. The van der Waals surface area contributed by atoms with Gasteiger partial charge in [-0.3, -0.25) is 4.79 Å². The maximum absolute atomic E-state index is 14.3. The molecular weight excluding hydrogens is 513 g/mol. The number of nitrogen functional groups attached to an aromatic ring is 1. The van der Waals surface area contributed by atoms with Crippen molar-refractivity contribution in [1.29, 1.82) is 0 Å². The number of fused-ring (bicyclic) bond motifs is 3. The molecule has 1 atom stereocenters. The summed E-state index contributed by atoms with van der Waals surface area (Å²) in [6.45, 7) is 2.76. The fourth-order valence-electron chi connectivity index (χ4n) is 5.14. The molecule has 198 valence electrons. The number of halogens is 1. The number of hydrogen-bond donors (Lipinski definition) is 1. The van der Waals surface area contributed by atoms with Crippen molar-refractivity contribution in [3.05, 3.63) is 94.9 Å². The van der Waals surface area contributed by atoms with Gasteiger partial charge in [0.05, 0.1) is 16.3 Å². The summed E-state index contributed by atoms with van der Waals surface area (Å²) in [5, 5.41) is 5.85. The molecule has 40 heavy (non-hydrogen) atoms. The number of nitrogens with two attached hydrogens (primary N) is 1. The van der Waals surface area contributed by atoms with E-state index in [9.17, 15) is 9.18 Å². The van der Waals surface area contributed by atoms with Gasteiger partial charge in [0.15, 0.2) is 17.1 Å². The van der Waals surface area contributed by atoms with Crippen LogP contribution in [0, 0.1) is 5.82 Å². The topological polar surface area (TPSA) is 118 Å². The van der Waals surface area contributed by atoms with Crippen molar-refractivity contribution >= 4 is 27.8 Å². The van der Waals surface area contributed by atoms with Crippen molar-refractivity contribution < 1.29 is 18.3 Å². The van der Waals surface area contributed by atoms with Crippen molar-refractivity contribution in [3.63, 3.8) is 0 Å². The molecule has 2 N–H and O–H groups in total. The van der Waals surface area contributed by atoms with E-state index in [-0.39, 0.29) is 16.8 Å². The molecule has 0 amide bonds. The molecule has 0 aliphatic carbocycles. The molecule has 0 radical (unpaired) electrons. The molecule has 9 nitrogen and oxygen atoms in total. The summed E-state index contributed by atoms with van der Waals surface area (Å²) in [4.78, 5) is 22.5. The first-order valence-electron chi connectivity index (χ1n) is 12.7. The van der Waals surface area contributed by atoms with E-state index in [0.29, 0.717) is 63.7 Å². The Morgan fingerprint density at radius 2 is 1.77 bits per heavy atom. The summed E-state index contributed by atoms with van der Waals surface area (Å²) in [6, 6.07) is 17.7. The van der Waals surface area contributed by atoms with Gasteiger partial charge in [0.2, 0.25) is 5.43 Å². The average Bonchev–Trinajstić information content (AvgIpc) is 3.37. The van der Waals surface area contributed by atoms with E-state index in [2.05, 4.69) is 9.97 Å². The van der Waals surface area contributed by atoms with Crippen LogP contribution in [0.2, 0.25) is 0 Å². The molecule has 0 spiro atoms. The number of rotatable bonds is 4. The Labute approximate surface area is 226 Å². The second-order valence-electron chi connectivity index (χ2n) is 9.46. The van der Waals surface area contributed by atoms with Crippen molar-refractivity contribution in [1.82, 2.24) is 19.7 Å². The summed E-state index contributed by atoms with van der Waals surface area (Å²) in [5.74, 6) is 1.34. The van der Waals surface area contributed by atoms with Gasteiger partial charge in [-0.1, -0.05) is 24.3 Å². The van der Waals surface area contributed by atoms with E-state index >= 15 is 0 Å². The number of nitrogens with zero attached hydrogens (tertiary/aromatic N) is 4. The Morgan fingerprint density at radius 1 is 0.950 bits per heavy atom. The van der Waals surface area contributed by atoms with Crippen molar-refractivity contribution in [2.75, 3.05) is 18.9 Å². The zero-order valence-electron chi connectivity index (χ0n) is 21.3. The number of aromatic nitrogens is 4. The standard InChI is InChI=1S/C30H22FN5O4/c1-16(28-24(17-5-4-6-19(31)13-17)27(37)20-7-2-3-8-21(20)40-28)36-30-25(29(32)33-15-34-30)26(35-36)18-9-10-22-23(14-18)39-12-11-38-22/h2-10,13-16H,11-12H2,1H3,(H2,32,33,34). The van der Waals surface area contributed by atoms with Gasteiger partial charge in [-0.2, -0.15) is 5.10 Å². The minimum Gasteiger partial charge on any atom is -0.486 e. The van der Waals surface area contributed by atoms with Crippen LogP contribution in [0.15, 0.2) is 82.3 Å². The quantitative estimate of drug-likeness (QED) is 0.320. The third-order valence-corrected chi connectivity index (χ3v) is 7.02. The number of para-hydroxylation sites is 1. The first-order valence-corrected chi connectivity index (χ1v) is 12.7. The molecule has 6 aromatic rings. The van der Waals surface area contributed by atoms with Crippen LogP contribution in [0.25, 0.3) is 44.4 Å². The van der Waals surface area contributed by atoms with Crippen molar-refractivity contribution in [2.45, 2.75) is 13.0 Å². The molecule has 0 saturated carbocycles. The Balaban J connectivity index is 1.47. The second kappa shape index (κ2) is 9.19. The minimum atomic E-state index is -0.640. The third kappa shape index (κ3) is 3.76. The number of hydrogen-bond acceptors (Lipinski definition) is 8. The van der Waals surface area contributed by atoms with E-state index in [4.69, 9.17) is 24.7 Å². The van der Waals surface area contributed by atoms with Gasteiger partial charge in [-0.15, -0.1) is 0 Å². The lowest BCUT2D eigenvalue weighted by atomic mass is 9.99. The van der Waals surface area contributed by atoms with E-state index in [1.807, 2.05) is 25.1 Å². The van der Waals surface area contributed by atoms with E-state index in [1.54, 1.807) is 41.1 Å². The number of benzene rings is 3. The monoisotopic (exact) mass is 535 g/mol. The van der Waals surface area contributed by atoms with E-state index in [0.717, 1.165) is 5.56 Å². The van der Waals surface area contributed by atoms with Gasteiger partial charge in [-0.05, 0) is 55.0 Å².